The fourth-order valence-corrected chi connectivity index (χ4v) is 2.31. The van der Waals surface area contributed by atoms with E-state index >= 15 is 0 Å². The van der Waals surface area contributed by atoms with Crippen molar-refractivity contribution in [2.75, 3.05) is 6.61 Å². The van der Waals surface area contributed by atoms with Gasteiger partial charge in [-0.2, -0.15) is 0 Å². The van der Waals surface area contributed by atoms with Crippen LogP contribution in [0.25, 0.3) is 0 Å². The SMILES string of the molecule is O=[N+]([O-])c1cc(COc2ccccc2CCO)ccc1Br. The molecular weight excluding hydrogens is 338 g/mol. The number of hydrogen-bond acceptors (Lipinski definition) is 4. The summed E-state index contributed by atoms with van der Waals surface area (Å²) in [5.74, 6) is 0.678. The number of nitrogens with zero attached hydrogens (tertiary/aromatic N) is 1. The second-order valence-electron chi connectivity index (χ2n) is 4.41. The summed E-state index contributed by atoms with van der Waals surface area (Å²) in [4.78, 5) is 10.5. The third kappa shape index (κ3) is 4.03. The lowest BCUT2D eigenvalue weighted by molar-refractivity contribution is -0.385. The van der Waals surface area contributed by atoms with Crippen LogP contribution in [0.15, 0.2) is 46.9 Å². The number of rotatable bonds is 6. The molecule has 0 bridgehead atoms. The Morgan fingerprint density at radius 1 is 1.24 bits per heavy atom. The first kappa shape index (κ1) is 15.5. The van der Waals surface area contributed by atoms with Crippen molar-refractivity contribution in [1.82, 2.24) is 0 Å². The van der Waals surface area contributed by atoms with E-state index in [2.05, 4.69) is 15.9 Å². The van der Waals surface area contributed by atoms with Crippen molar-refractivity contribution in [3.63, 3.8) is 0 Å². The van der Waals surface area contributed by atoms with Crippen molar-refractivity contribution in [3.05, 3.63) is 68.2 Å². The molecule has 0 radical (unpaired) electrons. The highest BCUT2D eigenvalue weighted by molar-refractivity contribution is 9.10. The van der Waals surface area contributed by atoms with Gasteiger partial charge >= 0.3 is 0 Å². The highest BCUT2D eigenvalue weighted by Gasteiger charge is 2.12. The topological polar surface area (TPSA) is 72.6 Å². The van der Waals surface area contributed by atoms with Crippen LogP contribution in [0, 0.1) is 10.1 Å². The Morgan fingerprint density at radius 3 is 2.71 bits per heavy atom. The van der Waals surface area contributed by atoms with Gasteiger partial charge in [-0.25, -0.2) is 0 Å². The molecule has 0 fully saturated rings. The predicted molar refractivity (Wildman–Crippen MR) is 82.4 cm³/mol. The fraction of sp³-hybridized carbons (Fsp3) is 0.200. The minimum atomic E-state index is -0.437. The monoisotopic (exact) mass is 351 g/mol. The third-order valence-electron chi connectivity index (χ3n) is 2.96. The molecule has 2 aromatic rings. The van der Waals surface area contributed by atoms with Gasteiger partial charge in [-0.05, 0) is 45.6 Å². The molecule has 0 aliphatic rings. The number of para-hydroxylation sites is 1. The van der Waals surface area contributed by atoms with Gasteiger partial charge in [0, 0.05) is 12.7 Å². The minimum Gasteiger partial charge on any atom is -0.489 e. The molecule has 0 amide bonds. The van der Waals surface area contributed by atoms with Crippen molar-refractivity contribution < 1.29 is 14.8 Å². The molecule has 6 heteroatoms. The molecule has 0 unspecified atom stereocenters. The van der Waals surface area contributed by atoms with Crippen molar-refractivity contribution in [1.29, 1.82) is 0 Å². The first-order valence-electron chi connectivity index (χ1n) is 6.36. The maximum Gasteiger partial charge on any atom is 0.283 e. The molecule has 2 aromatic carbocycles. The van der Waals surface area contributed by atoms with Crippen molar-refractivity contribution in [2.45, 2.75) is 13.0 Å². The third-order valence-corrected chi connectivity index (χ3v) is 3.63. The van der Waals surface area contributed by atoms with Crippen LogP contribution in [0.1, 0.15) is 11.1 Å². The highest BCUT2D eigenvalue weighted by atomic mass is 79.9. The van der Waals surface area contributed by atoms with E-state index in [4.69, 9.17) is 9.84 Å². The summed E-state index contributed by atoms with van der Waals surface area (Å²) in [7, 11) is 0. The Labute approximate surface area is 130 Å². The van der Waals surface area contributed by atoms with Crippen LogP contribution in [0.5, 0.6) is 5.75 Å². The number of ether oxygens (including phenoxy) is 1. The zero-order chi connectivity index (χ0) is 15.2. The summed E-state index contributed by atoms with van der Waals surface area (Å²) >= 11 is 3.15. The molecule has 0 aliphatic heterocycles. The van der Waals surface area contributed by atoms with Crippen LogP contribution in [0.2, 0.25) is 0 Å². The van der Waals surface area contributed by atoms with Gasteiger partial charge in [-0.15, -0.1) is 0 Å². The van der Waals surface area contributed by atoms with Gasteiger partial charge in [-0.1, -0.05) is 24.3 Å². The average molecular weight is 352 g/mol. The van der Waals surface area contributed by atoms with Gasteiger partial charge in [0.1, 0.15) is 12.4 Å². The molecule has 0 saturated heterocycles. The van der Waals surface area contributed by atoms with Gasteiger partial charge < -0.3 is 9.84 Å². The molecule has 0 heterocycles. The maximum absolute atomic E-state index is 10.9. The van der Waals surface area contributed by atoms with Gasteiger partial charge in [0.2, 0.25) is 0 Å². The Balaban J connectivity index is 2.13. The summed E-state index contributed by atoms with van der Waals surface area (Å²) in [6, 6.07) is 12.3. The molecular formula is C15H14BrNO4. The molecule has 5 nitrogen and oxygen atoms in total. The van der Waals surface area contributed by atoms with Crippen molar-refractivity contribution in [3.8, 4) is 5.75 Å². The second kappa shape index (κ2) is 7.19. The summed E-state index contributed by atoms with van der Waals surface area (Å²) in [6.45, 7) is 0.278. The van der Waals surface area contributed by atoms with E-state index in [9.17, 15) is 10.1 Å². The summed E-state index contributed by atoms with van der Waals surface area (Å²) in [6.07, 6.45) is 0.511. The van der Waals surface area contributed by atoms with E-state index in [1.54, 1.807) is 12.1 Å². The molecule has 1 N–H and O–H groups in total. The van der Waals surface area contributed by atoms with E-state index in [0.29, 0.717) is 22.2 Å². The quantitative estimate of drug-likeness (QED) is 0.638. The first-order valence-corrected chi connectivity index (χ1v) is 7.15. The number of benzene rings is 2. The number of aliphatic hydroxyl groups is 1. The van der Waals surface area contributed by atoms with E-state index in [0.717, 1.165) is 5.56 Å². The standard InChI is InChI=1S/C15H14BrNO4/c16-13-6-5-11(9-14(13)17(19)20)10-21-15-4-2-1-3-12(15)7-8-18/h1-6,9,18H,7-8,10H2. The molecule has 0 aliphatic carbocycles. The van der Waals surface area contributed by atoms with Crippen molar-refractivity contribution >= 4 is 21.6 Å². The number of aliphatic hydroxyl groups excluding tert-OH is 1. The van der Waals surface area contributed by atoms with Crippen LogP contribution in [0.4, 0.5) is 5.69 Å². The van der Waals surface area contributed by atoms with Crippen LogP contribution < -0.4 is 4.74 Å². The number of nitro benzene ring substituents is 1. The van der Waals surface area contributed by atoms with E-state index in [1.807, 2.05) is 24.3 Å². The zero-order valence-corrected chi connectivity index (χ0v) is 12.7. The lowest BCUT2D eigenvalue weighted by Crippen LogP contribution is -2.01. The maximum atomic E-state index is 10.9. The minimum absolute atomic E-state index is 0.0137. The van der Waals surface area contributed by atoms with Gasteiger partial charge in [0.05, 0.1) is 9.40 Å². The largest absolute Gasteiger partial charge is 0.489 e. The van der Waals surface area contributed by atoms with Crippen LogP contribution >= 0.6 is 15.9 Å². The van der Waals surface area contributed by atoms with Gasteiger partial charge in [-0.3, -0.25) is 10.1 Å². The van der Waals surface area contributed by atoms with Gasteiger partial charge in [0.15, 0.2) is 0 Å². The molecule has 0 aromatic heterocycles. The number of halogens is 1. The lowest BCUT2D eigenvalue weighted by Gasteiger charge is -2.11. The van der Waals surface area contributed by atoms with E-state index < -0.39 is 4.92 Å². The van der Waals surface area contributed by atoms with Gasteiger partial charge in [0.25, 0.3) is 5.69 Å². The molecule has 0 spiro atoms. The molecule has 0 saturated carbocycles. The average Bonchev–Trinajstić information content (AvgIpc) is 2.47. The summed E-state index contributed by atoms with van der Waals surface area (Å²) in [5, 5.41) is 19.9. The Morgan fingerprint density at radius 2 is 2.00 bits per heavy atom. The molecule has 0 atom stereocenters. The fourth-order valence-electron chi connectivity index (χ4n) is 1.92. The van der Waals surface area contributed by atoms with Crippen molar-refractivity contribution in [2.24, 2.45) is 0 Å². The molecule has 21 heavy (non-hydrogen) atoms. The number of hydrogen-bond donors (Lipinski definition) is 1. The predicted octanol–water partition coefficient (Wildman–Crippen LogP) is 3.47. The van der Waals surface area contributed by atoms with E-state index in [-0.39, 0.29) is 18.9 Å². The normalized spacial score (nSPS) is 10.4. The summed E-state index contributed by atoms with van der Waals surface area (Å²) in [5.41, 5.74) is 1.63. The molecule has 2 rings (SSSR count). The zero-order valence-electron chi connectivity index (χ0n) is 11.2. The molecule has 110 valence electrons. The van der Waals surface area contributed by atoms with Crippen LogP contribution in [-0.2, 0) is 13.0 Å². The van der Waals surface area contributed by atoms with Crippen LogP contribution in [-0.4, -0.2) is 16.6 Å². The second-order valence-corrected chi connectivity index (χ2v) is 5.27. The first-order chi connectivity index (χ1) is 10.1. The highest BCUT2D eigenvalue weighted by Crippen LogP contribution is 2.26. The smallest absolute Gasteiger partial charge is 0.283 e. The Kier molecular flexibility index (Phi) is 5.30. The van der Waals surface area contributed by atoms with E-state index in [1.165, 1.54) is 6.07 Å². The Hall–Kier alpha value is -1.92. The van der Waals surface area contributed by atoms with Crippen LogP contribution in [0.3, 0.4) is 0 Å². The Bertz CT molecular complexity index is 645. The number of nitro groups is 1. The summed E-state index contributed by atoms with van der Waals surface area (Å²) < 4.78 is 6.14. The lowest BCUT2D eigenvalue weighted by atomic mass is 10.1.